The smallest absolute Gasteiger partial charge is 0.357 e. The molecule has 0 amide bonds. The van der Waals surface area contributed by atoms with Crippen molar-refractivity contribution in [1.29, 1.82) is 0 Å². The molecule has 4 nitrogen and oxygen atoms in total. The van der Waals surface area contributed by atoms with Crippen molar-refractivity contribution in [2.24, 2.45) is 0 Å². The third kappa shape index (κ3) is 1.30. The number of aromatic nitrogens is 4. The summed E-state index contributed by atoms with van der Waals surface area (Å²) in [4.78, 5) is 0. The van der Waals surface area contributed by atoms with Gasteiger partial charge in [-0.2, -0.15) is 0 Å². The van der Waals surface area contributed by atoms with E-state index >= 15 is 0 Å². The fourth-order valence-corrected chi connectivity index (χ4v) is 0.112. The number of aromatic amines is 1. The summed E-state index contributed by atoms with van der Waals surface area (Å²) >= 11 is 0. The summed E-state index contributed by atoms with van der Waals surface area (Å²) < 4.78 is 0. The molecule has 0 bridgehead atoms. The predicted octanol–water partition coefficient (Wildman–Crippen LogP) is -1.00. The van der Waals surface area contributed by atoms with Crippen molar-refractivity contribution in [2.75, 3.05) is 0 Å². The molecule has 0 saturated heterocycles. The summed E-state index contributed by atoms with van der Waals surface area (Å²) in [5.41, 5.74) is 0. The minimum absolute atomic E-state index is 0. The first kappa shape index (κ1) is 5.81. The van der Waals surface area contributed by atoms with Crippen LogP contribution in [0.4, 0.5) is 0 Å². The Kier molecular flexibility index (Phi) is 2.92. The number of H-pyrrole nitrogens is 1. The molecule has 1 aromatic rings. The molecular formula is CHAgN4. The van der Waals surface area contributed by atoms with E-state index < -0.39 is 0 Å². The number of nitrogens with one attached hydrogen (secondary N) is 1. The second-order valence-electron chi connectivity index (χ2n) is 0.512. The Morgan fingerprint density at radius 3 is 2.50 bits per heavy atom. The minimum Gasteiger partial charge on any atom is -0.357 e. The monoisotopic (exact) mass is 176 g/mol. The van der Waals surface area contributed by atoms with Gasteiger partial charge in [0.25, 0.3) is 0 Å². The van der Waals surface area contributed by atoms with Gasteiger partial charge in [0, 0.05) is 0 Å². The molecule has 1 rings (SSSR count). The fourth-order valence-electron chi connectivity index (χ4n) is 0.112. The van der Waals surface area contributed by atoms with Gasteiger partial charge in [-0.25, -0.2) is 11.5 Å². The van der Waals surface area contributed by atoms with E-state index in [-0.39, 0.29) is 22.4 Å². The molecule has 0 aliphatic rings. The van der Waals surface area contributed by atoms with Crippen LogP contribution in [0.3, 0.4) is 0 Å². The Bertz CT molecular complexity index is 64.0. The molecule has 0 saturated carbocycles. The third-order valence-corrected chi connectivity index (χ3v) is 0.239. The molecule has 5 heteroatoms. The van der Waals surface area contributed by atoms with Gasteiger partial charge >= 0.3 is 22.4 Å². The molecule has 0 fully saturated rings. The van der Waals surface area contributed by atoms with Gasteiger partial charge in [0.05, 0.1) is 0 Å². The Morgan fingerprint density at radius 2 is 2.33 bits per heavy atom. The summed E-state index contributed by atoms with van der Waals surface area (Å²) in [7, 11) is 0. The zero-order valence-electron chi connectivity index (χ0n) is 2.64. The van der Waals surface area contributed by atoms with E-state index in [0.29, 0.717) is 0 Å². The molecular weight excluding hydrogens is 176 g/mol. The number of hydrogen-bond donors (Lipinski definition) is 1. The molecule has 0 spiro atoms. The van der Waals surface area contributed by atoms with Crippen LogP contribution in [0.2, 0.25) is 0 Å². The summed E-state index contributed by atoms with van der Waals surface area (Å²) in [5, 5.41) is 11.8. The molecule has 0 aliphatic carbocycles. The van der Waals surface area contributed by atoms with E-state index in [1.807, 2.05) is 0 Å². The summed E-state index contributed by atoms with van der Waals surface area (Å²) in [6.45, 7) is 0. The van der Waals surface area contributed by atoms with Crippen molar-refractivity contribution in [1.82, 2.24) is 20.6 Å². The van der Waals surface area contributed by atoms with Gasteiger partial charge in [-0.1, -0.05) is 5.21 Å². The molecule has 1 heterocycles. The third-order valence-electron chi connectivity index (χ3n) is 0.239. The van der Waals surface area contributed by atoms with Crippen molar-refractivity contribution in [2.45, 2.75) is 0 Å². The van der Waals surface area contributed by atoms with Crippen molar-refractivity contribution < 1.29 is 22.4 Å². The maximum atomic E-state index is 3.25. The second kappa shape index (κ2) is 3.02. The zero-order valence-corrected chi connectivity index (χ0v) is 4.13. The standard InChI is InChI=1S/CHN4.Ag/c1-2-4-5-3-1;/h(H,2,3,4,5);/q-1;+1. The maximum Gasteiger partial charge on any atom is 1.00 e. The molecule has 36 valence electrons. The van der Waals surface area contributed by atoms with Crippen molar-refractivity contribution in [3.63, 3.8) is 0 Å². The molecule has 1 aromatic heterocycles. The molecule has 6 heavy (non-hydrogen) atoms. The van der Waals surface area contributed by atoms with Crippen molar-refractivity contribution >= 4 is 0 Å². The van der Waals surface area contributed by atoms with E-state index in [0.717, 1.165) is 0 Å². The quantitative estimate of drug-likeness (QED) is 0.408. The van der Waals surface area contributed by atoms with Gasteiger partial charge in [-0.05, 0) is 0 Å². The van der Waals surface area contributed by atoms with Gasteiger partial charge in [0.2, 0.25) is 0 Å². The minimum atomic E-state index is 0. The van der Waals surface area contributed by atoms with Crippen LogP contribution in [-0.4, -0.2) is 20.6 Å². The van der Waals surface area contributed by atoms with Crippen LogP contribution < -0.4 is 0 Å². The molecule has 0 atom stereocenters. The van der Waals surface area contributed by atoms with Crippen LogP contribution in [0.1, 0.15) is 0 Å². The first-order valence-electron chi connectivity index (χ1n) is 1.09. The molecule has 0 radical (unpaired) electrons. The van der Waals surface area contributed by atoms with E-state index in [9.17, 15) is 0 Å². The average molecular weight is 177 g/mol. The summed E-state index contributed by atoms with van der Waals surface area (Å²) in [5.74, 6) is 0. The molecule has 0 aliphatic heterocycles. The van der Waals surface area contributed by atoms with Gasteiger partial charge < -0.3 is 10.2 Å². The van der Waals surface area contributed by atoms with Crippen LogP contribution in [0.5, 0.6) is 0 Å². The average Bonchev–Trinajstić information content (AvgIpc) is 1.76. The summed E-state index contributed by atoms with van der Waals surface area (Å²) in [6, 6.07) is 0. The predicted molar refractivity (Wildman–Crippen MR) is 13.0 cm³/mol. The van der Waals surface area contributed by atoms with E-state index in [2.05, 4.69) is 27.0 Å². The Labute approximate surface area is 49.8 Å². The van der Waals surface area contributed by atoms with Gasteiger partial charge in [-0.3, -0.25) is 0 Å². The number of nitrogens with zero attached hydrogens (tertiary/aromatic N) is 3. The number of rotatable bonds is 0. The Balaban J connectivity index is 0.000000250. The van der Waals surface area contributed by atoms with Gasteiger partial charge in [-0.15, -0.1) is 0 Å². The van der Waals surface area contributed by atoms with Crippen LogP contribution in [-0.2, 0) is 22.4 Å². The number of hydrogen-bond acceptors (Lipinski definition) is 3. The van der Waals surface area contributed by atoms with Crippen LogP contribution in [0, 0.1) is 6.33 Å². The van der Waals surface area contributed by atoms with Crippen LogP contribution >= 0.6 is 0 Å². The maximum absolute atomic E-state index is 3.25. The van der Waals surface area contributed by atoms with Crippen LogP contribution in [0.15, 0.2) is 0 Å². The molecule has 1 N–H and O–H groups in total. The first-order chi connectivity index (χ1) is 2.50. The van der Waals surface area contributed by atoms with Crippen LogP contribution in [0.25, 0.3) is 0 Å². The van der Waals surface area contributed by atoms with E-state index in [1.54, 1.807) is 0 Å². The largest absolute Gasteiger partial charge is 1.00 e. The molecule has 0 unspecified atom stereocenters. The van der Waals surface area contributed by atoms with E-state index in [1.165, 1.54) is 0 Å². The molecule has 0 aromatic carbocycles. The Morgan fingerprint density at radius 1 is 1.50 bits per heavy atom. The van der Waals surface area contributed by atoms with Gasteiger partial charge in [0.1, 0.15) is 0 Å². The second-order valence-corrected chi connectivity index (χ2v) is 0.512. The van der Waals surface area contributed by atoms with Crippen molar-refractivity contribution in [3.05, 3.63) is 6.33 Å². The zero-order chi connectivity index (χ0) is 3.54. The topological polar surface area (TPSA) is 54.5 Å². The first-order valence-corrected chi connectivity index (χ1v) is 1.09. The fraction of sp³-hybridized carbons (Fsp3) is 0. The number of tetrazole rings is 1. The Hall–Kier alpha value is -0.190. The normalized spacial score (nSPS) is 6.67. The van der Waals surface area contributed by atoms with Crippen molar-refractivity contribution in [3.8, 4) is 0 Å². The summed E-state index contributed by atoms with van der Waals surface area (Å²) in [6.07, 6.45) is 2.19. The van der Waals surface area contributed by atoms with E-state index in [4.69, 9.17) is 0 Å². The SMILES string of the molecule is [Ag+].[c-]1nn[nH]n1. The van der Waals surface area contributed by atoms with Gasteiger partial charge in [0.15, 0.2) is 0 Å².